The first-order valence-electron chi connectivity index (χ1n) is 11.9. The molecule has 0 bridgehead atoms. The summed E-state index contributed by atoms with van der Waals surface area (Å²) in [7, 11) is 0. The minimum absolute atomic E-state index is 0.0130. The number of fused-ring (bicyclic) bond motifs is 1. The topological polar surface area (TPSA) is 93.0 Å². The molecule has 4 heterocycles. The number of hydrogen-bond acceptors (Lipinski definition) is 6. The number of piperidine rings is 1. The molecule has 1 aliphatic heterocycles. The van der Waals surface area contributed by atoms with Crippen molar-refractivity contribution in [1.82, 2.24) is 24.8 Å². The van der Waals surface area contributed by atoms with Crippen molar-refractivity contribution in [3.63, 3.8) is 0 Å². The lowest BCUT2D eigenvalue weighted by molar-refractivity contribution is -0.125. The number of hydrogen-bond donors (Lipinski definition) is 1. The molecule has 5 rings (SSSR count). The fourth-order valence-electron chi connectivity index (χ4n) is 4.51. The maximum atomic E-state index is 13.7. The van der Waals surface area contributed by atoms with E-state index >= 15 is 0 Å². The van der Waals surface area contributed by atoms with Gasteiger partial charge in [0.25, 0.3) is 5.56 Å². The van der Waals surface area contributed by atoms with Gasteiger partial charge in [-0.05, 0) is 49.1 Å². The number of anilines is 1. The van der Waals surface area contributed by atoms with E-state index in [0.29, 0.717) is 43.2 Å². The maximum absolute atomic E-state index is 13.7. The zero-order chi connectivity index (χ0) is 24.2. The number of nitrogens with one attached hydrogen (secondary N) is 1. The standard InChI is InChI=1S/C27H28N6O2/c1-19-8-10-20(11-9-19)17-33-24-23(7-3-13-29-24)31-25(27(33)35)32-14-4-6-22(18-32)26(34)30-16-21-5-2-12-28-15-21/h2-3,5,7-13,15,22H,4,6,14,16-18H2,1H3,(H,30,34)/t22-/m0/s1. The van der Waals surface area contributed by atoms with Crippen molar-refractivity contribution in [2.45, 2.75) is 32.9 Å². The number of carbonyl (C=O) groups excluding carboxylic acids is 1. The molecular weight excluding hydrogens is 440 g/mol. The Morgan fingerprint density at radius 1 is 1.09 bits per heavy atom. The Morgan fingerprint density at radius 3 is 2.71 bits per heavy atom. The van der Waals surface area contributed by atoms with E-state index in [0.717, 1.165) is 24.0 Å². The molecule has 1 aromatic carbocycles. The number of pyridine rings is 2. The van der Waals surface area contributed by atoms with Gasteiger partial charge in [-0.2, -0.15) is 0 Å². The molecule has 4 aromatic rings. The lowest BCUT2D eigenvalue weighted by atomic mass is 9.97. The second-order valence-electron chi connectivity index (χ2n) is 9.02. The van der Waals surface area contributed by atoms with Crippen molar-refractivity contribution in [2.24, 2.45) is 5.92 Å². The molecule has 1 aliphatic rings. The summed E-state index contributed by atoms with van der Waals surface area (Å²) < 4.78 is 1.69. The van der Waals surface area contributed by atoms with Crippen molar-refractivity contribution in [3.8, 4) is 0 Å². The van der Waals surface area contributed by atoms with Gasteiger partial charge in [0.15, 0.2) is 11.5 Å². The zero-order valence-electron chi connectivity index (χ0n) is 19.7. The van der Waals surface area contributed by atoms with Gasteiger partial charge < -0.3 is 10.2 Å². The van der Waals surface area contributed by atoms with E-state index in [4.69, 9.17) is 4.98 Å². The summed E-state index contributed by atoms with van der Waals surface area (Å²) >= 11 is 0. The minimum atomic E-state index is -0.211. The van der Waals surface area contributed by atoms with E-state index in [1.165, 1.54) is 5.56 Å². The molecule has 1 atom stereocenters. The van der Waals surface area contributed by atoms with Crippen LogP contribution in [0.1, 0.15) is 29.5 Å². The first kappa shape index (κ1) is 22.7. The van der Waals surface area contributed by atoms with Gasteiger partial charge in [-0.1, -0.05) is 35.9 Å². The Bertz CT molecular complexity index is 1380. The van der Waals surface area contributed by atoms with E-state index in [1.54, 1.807) is 23.2 Å². The van der Waals surface area contributed by atoms with Crippen molar-refractivity contribution in [2.75, 3.05) is 18.0 Å². The fraction of sp³-hybridized carbons (Fsp3) is 0.296. The van der Waals surface area contributed by atoms with Crippen molar-refractivity contribution < 1.29 is 4.79 Å². The normalized spacial score (nSPS) is 15.8. The summed E-state index contributed by atoms with van der Waals surface area (Å²) in [5.74, 6) is 0.153. The second-order valence-corrected chi connectivity index (χ2v) is 9.02. The Labute approximate surface area is 203 Å². The quantitative estimate of drug-likeness (QED) is 0.468. The monoisotopic (exact) mass is 468 g/mol. The molecule has 1 N–H and O–H groups in total. The number of rotatable bonds is 6. The summed E-state index contributed by atoms with van der Waals surface area (Å²) in [5.41, 5.74) is 4.18. The largest absolute Gasteiger partial charge is 0.352 e. The van der Waals surface area contributed by atoms with Gasteiger partial charge in [0.2, 0.25) is 5.91 Å². The van der Waals surface area contributed by atoms with Gasteiger partial charge in [-0.3, -0.25) is 19.1 Å². The van der Waals surface area contributed by atoms with Crippen LogP contribution in [-0.2, 0) is 17.9 Å². The predicted molar refractivity (Wildman–Crippen MR) is 135 cm³/mol. The van der Waals surface area contributed by atoms with Crippen LogP contribution in [0.15, 0.2) is 71.9 Å². The molecule has 178 valence electrons. The molecule has 1 saturated heterocycles. The SMILES string of the molecule is Cc1ccc(Cn2c(=O)c(N3CCC[C@H](C(=O)NCc4cccnc4)C3)nc3cccnc32)cc1. The maximum Gasteiger partial charge on any atom is 0.295 e. The van der Waals surface area contributed by atoms with Crippen molar-refractivity contribution in [3.05, 3.63) is 94.2 Å². The van der Waals surface area contributed by atoms with Crippen LogP contribution in [0.5, 0.6) is 0 Å². The third-order valence-electron chi connectivity index (χ3n) is 6.43. The number of carbonyl (C=O) groups is 1. The first-order chi connectivity index (χ1) is 17.1. The molecule has 1 fully saturated rings. The van der Waals surface area contributed by atoms with Crippen LogP contribution in [0.2, 0.25) is 0 Å². The highest BCUT2D eigenvalue weighted by Gasteiger charge is 2.28. The third kappa shape index (κ3) is 5.06. The van der Waals surface area contributed by atoms with Crippen LogP contribution in [0.4, 0.5) is 5.82 Å². The average Bonchev–Trinajstić information content (AvgIpc) is 2.90. The smallest absolute Gasteiger partial charge is 0.295 e. The number of nitrogens with zero attached hydrogens (tertiary/aromatic N) is 5. The number of amides is 1. The summed E-state index contributed by atoms with van der Waals surface area (Å²) in [5, 5.41) is 3.01. The lowest BCUT2D eigenvalue weighted by Gasteiger charge is -2.32. The molecule has 8 heteroatoms. The van der Waals surface area contributed by atoms with Crippen LogP contribution in [0.25, 0.3) is 11.2 Å². The Kier molecular flexibility index (Phi) is 6.52. The van der Waals surface area contributed by atoms with E-state index < -0.39 is 0 Å². The van der Waals surface area contributed by atoms with E-state index in [1.807, 2.05) is 60.4 Å². The van der Waals surface area contributed by atoms with Crippen LogP contribution in [0.3, 0.4) is 0 Å². The van der Waals surface area contributed by atoms with Gasteiger partial charge in [-0.15, -0.1) is 0 Å². The van der Waals surface area contributed by atoms with Gasteiger partial charge >= 0.3 is 0 Å². The Balaban J connectivity index is 1.40. The number of benzene rings is 1. The predicted octanol–water partition coefficient (Wildman–Crippen LogP) is 3.08. The third-order valence-corrected chi connectivity index (χ3v) is 6.43. The highest BCUT2D eigenvalue weighted by atomic mass is 16.2. The number of aryl methyl sites for hydroxylation is 1. The first-order valence-corrected chi connectivity index (χ1v) is 11.9. The summed E-state index contributed by atoms with van der Waals surface area (Å²) in [6, 6.07) is 15.6. The molecule has 1 amide bonds. The highest BCUT2D eigenvalue weighted by molar-refractivity contribution is 5.79. The van der Waals surface area contributed by atoms with Crippen LogP contribution in [0, 0.1) is 12.8 Å². The molecule has 0 saturated carbocycles. The Morgan fingerprint density at radius 2 is 1.91 bits per heavy atom. The van der Waals surface area contributed by atoms with Gasteiger partial charge in [0, 0.05) is 38.2 Å². The molecule has 0 spiro atoms. The summed E-state index contributed by atoms with van der Waals surface area (Å²) in [6.45, 7) is 4.02. The average molecular weight is 469 g/mol. The van der Waals surface area contributed by atoms with E-state index in [-0.39, 0.29) is 17.4 Å². The summed E-state index contributed by atoms with van der Waals surface area (Å²) in [6.07, 6.45) is 6.73. The molecular formula is C27H28N6O2. The van der Waals surface area contributed by atoms with Crippen molar-refractivity contribution in [1.29, 1.82) is 0 Å². The molecule has 35 heavy (non-hydrogen) atoms. The van der Waals surface area contributed by atoms with Gasteiger partial charge in [-0.25, -0.2) is 9.97 Å². The molecule has 0 aliphatic carbocycles. The van der Waals surface area contributed by atoms with Crippen molar-refractivity contribution >= 4 is 22.9 Å². The summed E-state index contributed by atoms with van der Waals surface area (Å²) in [4.78, 5) is 41.8. The fourth-order valence-corrected chi connectivity index (χ4v) is 4.51. The molecule has 0 radical (unpaired) electrons. The lowest BCUT2D eigenvalue weighted by Crippen LogP contribution is -2.45. The number of aromatic nitrogens is 4. The van der Waals surface area contributed by atoms with Gasteiger partial charge in [0.1, 0.15) is 5.52 Å². The highest BCUT2D eigenvalue weighted by Crippen LogP contribution is 2.22. The molecule has 0 unspecified atom stereocenters. The zero-order valence-corrected chi connectivity index (χ0v) is 19.7. The van der Waals surface area contributed by atoms with Crippen LogP contribution in [-0.4, -0.2) is 38.5 Å². The van der Waals surface area contributed by atoms with E-state index in [2.05, 4.69) is 15.3 Å². The second kappa shape index (κ2) is 10.0. The van der Waals surface area contributed by atoms with E-state index in [9.17, 15) is 9.59 Å². The Hall–Kier alpha value is -4.07. The molecule has 8 nitrogen and oxygen atoms in total. The molecule has 3 aromatic heterocycles. The van der Waals surface area contributed by atoms with Gasteiger partial charge in [0.05, 0.1) is 12.5 Å². The minimum Gasteiger partial charge on any atom is -0.352 e. The van der Waals surface area contributed by atoms with Crippen LogP contribution >= 0.6 is 0 Å². The van der Waals surface area contributed by atoms with Crippen LogP contribution < -0.4 is 15.8 Å².